The Balaban J connectivity index is 1.53. The van der Waals surface area contributed by atoms with E-state index in [0.717, 1.165) is 29.3 Å². The van der Waals surface area contributed by atoms with Crippen molar-refractivity contribution in [2.75, 3.05) is 11.9 Å². The van der Waals surface area contributed by atoms with E-state index in [9.17, 15) is 23.2 Å². The lowest BCUT2D eigenvalue weighted by atomic mass is 9.99. The second-order valence-electron chi connectivity index (χ2n) is 8.77. The number of amides is 2. The zero-order chi connectivity index (χ0) is 25.8. The molecule has 0 spiro atoms. The third kappa shape index (κ3) is 5.54. The minimum absolute atomic E-state index is 0.157. The number of hydrogen-bond acceptors (Lipinski definition) is 4. The van der Waals surface area contributed by atoms with Crippen molar-refractivity contribution in [1.82, 2.24) is 5.32 Å². The van der Waals surface area contributed by atoms with Crippen molar-refractivity contribution in [3.05, 3.63) is 101 Å². The number of nitrogens with one attached hydrogen (secondary N) is 1. The van der Waals surface area contributed by atoms with Gasteiger partial charge in [0.05, 0.1) is 11.4 Å². The first kappa shape index (κ1) is 24.9. The van der Waals surface area contributed by atoms with Crippen LogP contribution in [-0.2, 0) is 20.8 Å². The molecule has 0 saturated heterocycles. The van der Waals surface area contributed by atoms with E-state index in [2.05, 4.69) is 10.3 Å². The van der Waals surface area contributed by atoms with Gasteiger partial charge in [-0.2, -0.15) is 0 Å². The lowest BCUT2D eigenvalue weighted by Crippen LogP contribution is -2.47. The predicted molar refractivity (Wildman–Crippen MR) is 133 cm³/mol. The molecule has 3 aromatic carbocycles. The number of aliphatic imine (C=N–C) groups is 1. The first-order chi connectivity index (χ1) is 17.2. The number of hydrogen-bond donors (Lipinski definition) is 1. The standard InChI is InChI=1S/C28H25F2N3O3/c1-17(12-22(34)15-18-13-20(29)16-21(30)14-18)27(35)32-26-28(36)33(2)24-11-7-6-10-23(24)25(31-26)19-8-4-3-5-9-19/h3-11,13-14,16-17,26H,12,15H2,1-2H3,(H,32,35)/t17-,26-/m1/s1. The number of fused-ring (bicyclic) bond motifs is 1. The normalized spacial score (nSPS) is 16.0. The van der Waals surface area contributed by atoms with Crippen molar-refractivity contribution in [1.29, 1.82) is 0 Å². The average molecular weight is 490 g/mol. The Kier molecular flexibility index (Phi) is 7.33. The average Bonchev–Trinajstić information content (AvgIpc) is 2.94. The van der Waals surface area contributed by atoms with Crippen molar-refractivity contribution in [2.24, 2.45) is 10.9 Å². The van der Waals surface area contributed by atoms with Crippen LogP contribution in [0.25, 0.3) is 0 Å². The van der Waals surface area contributed by atoms with Crippen LogP contribution in [-0.4, -0.2) is 36.5 Å². The van der Waals surface area contributed by atoms with Gasteiger partial charge in [0.25, 0.3) is 5.91 Å². The molecule has 0 aliphatic carbocycles. The summed E-state index contributed by atoms with van der Waals surface area (Å²) in [6, 6.07) is 19.6. The monoisotopic (exact) mass is 489 g/mol. The van der Waals surface area contributed by atoms with Gasteiger partial charge in [-0.25, -0.2) is 13.8 Å². The summed E-state index contributed by atoms with van der Waals surface area (Å²) in [5, 5.41) is 2.67. The number of carbonyl (C=O) groups excluding carboxylic acids is 3. The minimum Gasteiger partial charge on any atom is -0.326 e. The molecule has 4 rings (SSSR count). The third-order valence-corrected chi connectivity index (χ3v) is 5.97. The molecular weight excluding hydrogens is 464 g/mol. The van der Waals surface area contributed by atoms with Crippen LogP contribution in [0.4, 0.5) is 14.5 Å². The molecule has 0 fully saturated rings. The second-order valence-corrected chi connectivity index (χ2v) is 8.77. The Morgan fingerprint density at radius 2 is 1.64 bits per heavy atom. The SMILES string of the molecule is C[C@H](CC(=O)Cc1cc(F)cc(F)c1)C(=O)N[C@H]1N=C(c2ccccc2)c2ccccc2N(C)C1=O. The molecule has 8 heteroatoms. The van der Waals surface area contributed by atoms with E-state index in [0.29, 0.717) is 11.4 Å². The summed E-state index contributed by atoms with van der Waals surface area (Å²) >= 11 is 0. The number of halogens is 2. The number of carbonyl (C=O) groups is 3. The van der Waals surface area contributed by atoms with Crippen LogP contribution in [0.3, 0.4) is 0 Å². The molecule has 1 N–H and O–H groups in total. The molecule has 0 aromatic heterocycles. The highest BCUT2D eigenvalue weighted by Gasteiger charge is 2.32. The van der Waals surface area contributed by atoms with E-state index in [4.69, 9.17) is 0 Å². The van der Waals surface area contributed by atoms with Crippen molar-refractivity contribution < 1.29 is 23.2 Å². The summed E-state index contributed by atoms with van der Waals surface area (Å²) in [5.74, 6) is -3.62. The first-order valence-corrected chi connectivity index (χ1v) is 11.5. The highest BCUT2D eigenvalue weighted by atomic mass is 19.1. The Morgan fingerprint density at radius 1 is 1.00 bits per heavy atom. The molecule has 1 aliphatic rings. The summed E-state index contributed by atoms with van der Waals surface area (Å²) in [7, 11) is 1.62. The van der Waals surface area contributed by atoms with Crippen LogP contribution in [0.5, 0.6) is 0 Å². The number of anilines is 1. The number of para-hydroxylation sites is 1. The Morgan fingerprint density at radius 3 is 2.33 bits per heavy atom. The van der Waals surface area contributed by atoms with Gasteiger partial charge in [0.1, 0.15) is 17.4 Å². The third-order valence-electron chi connectivity index (χ3n) is 5.97. The summed E-state index contributed by atoms with van der Waals surface area (Å²) in [6.07, 6.45) is -1.56. The van der Waals surface area contributed by atoms with Gasteiger partial charge >= 0.3 is 0 Å². The fourth-order valence-electron chi connectivity index (χ4n) is 4.17. The highest BCUT2D eigenvalue weighted by molar-refractivity contribution is 6.20. The largest absolute Gasteiger partial charge is 0.326 e. The maximum atomic E-state index is 13.4. The summed E-state index contributed by atoms with van der Waals surface area (Å²) in [4.78, 5) is 44.8. The zero-order valence-corrected chi connectivity index (χ0v) is 19.9. The van der Waals surface area contributed by atoms with Crippen molar-refractivity contribution in [3.8, 4) is 0 Å². The number of nitrogens with zero attached hydrogens (tertiary/aromatic N) is 2. The van der Waals surface area contributed by atoms with Gasteiger partial charge < -0.3 is 10.2 Å². The van der Waals surface area contributed by atoms with E-state index < -0.39 is 35.5 Å². The fourth-order valence-corrected chi connectivity index (χ4v) is 4.17. The molecule has 0 unspecified atom stereocenters. The number of rotatable bonds is 7. The molecule has 36 heavy (non-hydrogen) atoms. The van der Waals surface area contributed by atoms with Crippen LogP contribution >= 0.6 is 0 Å². The Labute approximate surface area is 207 Å². The molecular formula is C28H25F2N3O3. The number of Topliss-reactive ketones (excluding diaryl/α,β-unsaturated/α-hetero) is 1. The van der Waals surface area contributed by atoms with Crippen LogP contribution in [0.2, 0.25) is 0 Å². The first-order valence-electron chi connectivity index (χ1n) is 11.5. The maximum Gasteiger partial charge on any atom is 0.272 e. The topological polar surface area (TPSA) is 78.8 Å². The van der Waals surface area contributed by atoms with Gasteiger partial charge in [0.15, 0.2) is 0 Å². The van der Waals surface area contributed by atoms with E-state index >= 15 is 0 Å². The van der Waals surface area contributed by atoms with Gasteiger partial charge in [-0.15, -0.1) is 0 Å². The number of benzene rings is 3. The molecule has 184 valence electrons. The van der Waals surface area contributed by atoms with Gasteiger partial charge in [-0.05, 0) is 23.8 Å². The Hall–Kier alpha value is -4.20. The van der Waals surface area contributed by atoms with Gasteiger partial charge in [0.2, 0.25) is 12.1 Å². The van der Waals surface area contributed by atoms with Crippen LogP contribution in [0.1, 0.15) is 30.0 Å². The summed E-state index contributed by atoms with van der Waals surface area (Å²) < 4.78 is 26.8. The summed E-state index contributed by atoms with van der Waals surface area (Å²) in [5.41, 5.74) is 2.96. The van der Waals surface area contributed by atoms with E-state index in [1.54, 1.807) is 14.0 Å². The molecule has 3 aromatic rings. The van der Waals surface area contributed by atoms with Crippen LogP contribution < -0.4 is 10.2 Å². The van der Waals surface area contributed by atoms with Crippen molar-refractivity contribution in [3.63, 3.8) is 0 Å². The molecule has 2 atom stereocenters. The second kappa shape index (κ2) is 10.6. The summed E-state index contributed by atoms with van der Waals surface area (Å²) in [6.45, 7) is 1.56. The lowest BCUT2D eigenvalue weighted by Gasteiger charge is -2.22. The van der Waals surface area contributed by atoms with Gasteiger partial charge in [0, 0.05) is 43.0 Å². The van der Waals surface area contributed by atoms with E-state index in [1.807, 2.05) is 54.6 Å². The Bertz CT molecular complexity index is 1320. The molecule has 0 saturated carbocycles. The minimum atomic E-state index is -1.19. The predicted octanol–water partition coefficient (Wildman–Crippen LogP) is 4.06. The molecule has 6 nitrogen and oxygen atoms in total. The number of ketones is 1. The molecule has 1 heterocycles. The number of benzodiazepines with no additional fused rings is 1. The quantitative estimate of drug-likeness (QED) is 0.544. The van der Waals surface area contributed by atoms with Gasteiger partial charge in [-0.1, -0.05) is 55.5 Å². The smallest absolute Gasteiger partial charge is 0.272 e. The van der Waals surface area contributed by atoms with Crippen molar-refractivity contribution >= 4 is 29.0 Å². The zero-order valence-electron chi connectivity index (χ0n) is 19.9. The number of likely N-dealkylation sites (N-methyl/N-ethyl adjacent to an activating group) is 1. The van der Waals surface area contributed by atoms with Crippen LogP contribution in [0.15, 0.2) is 77.8 Å². The lowest BCUT2D eigenvalue weighted by molar-refractivity contribution is -0.131. The van der Waals surface area contributed by atoms with Crippen LogP contribution in [0, 0.1) is 17.6 Å². The molecule has 1 aliphatic heterocycles. The van der Waals surface area contributed by atoms with E-state index in [-0.39, 0.29) is 24.2 Å². The van der Waals surface area contributed by atoms with Crippen molar-refractivity contribution in [2.45, 2.75) is 25.9 Å². The molecule has 0 radical (unpaired) electrons. The van der Waals surface area contributed by atoms with Gasteiger partial charge in [-0.3, -0.25) is 14.4 Å². The maximum absolute atomic E-state index is 13.4. The molecule has 0 bridgehead atoms. The fraction of sp³-hybridized carbons (Fsp3) is 0.214. The molecule has 2 amide bonds. The highest BCUT2D eigenvalue weighted by Crippen LogP contribution is 2.27. The van der Waals surface area contributed by atoms with E-state index in [1.165, 1.54) is 4.90 Å².